The topological polar surface area (TPSA) is 40.4 Å². The maximum absolute atomic E-state index is 6.57. The molecule has 7 heteroatoms. The standard InChI is InChI=1S/C24H37ClN6/c1-19-23(24(25)29(3)27-19)18-30(16-20-4-10-26-11-5-20)17-21-6-14-31(15-7-21)22-8-12-28(2)13-9-22/h4-5,10-11,21-22H,6-9,12-18H2,1-3H3. The zero-order chi connectivity index (χ0) is 21.8. The molecule has 31 heavy (non-hydrogen) atoms. The van der Waals surface area contributed by atoms with Gasteiger partial charge in [-0.05, 0) is 89.4 Å². The Morgan fingerprint density at radius 2 is 1.68 bits per heavy atom. The average Bonchev–Trinajstić information content (AvgIpc) is 3.01. The van der Waals surface area contributed by atoms with Crippen molar-refractivity contribution in [3.05, 3.63) is 46.5 Å². The van der Waals surface area contributed by atoms with Crippen LogP contribution in [-0.4, -0.2) is 75.3 Å². The minimum absolute atomic E-state index is 0.736. The second-order valence-electron chi connectivity index (χ2n) is 9.52. The summed E-state index contributed by atoms with van der Waals surface area (Å²) in [5, 5.41) is 5.28. The van der Waals surface area contributed by atoms with E-state index in [1.165, 1.54) is 57.4 Å². The van der Waals surface area contributed by atoms with E-state index in [2.05, 4.69) is 50.9 Å². The van der Waals surface area contributed by atoms with Crippen molar-refractivity contribution in [3.63, 3.8) is 0 Å². The van der Waals surface area contributed by atoms with E-state index >= 15 is 0 Å². The molecule has 2 fully saturated rings. The second kappa shape index (κ2) is 10.4. The molecule has 2 aliphatic heterocycles. The lowest BCUT2D eigenvalue weighted by Gasteiger charge is -2.42. The van der Waals surface area contributed by atoms with Crippen molar-refractivity contribution in [3.8, 4) is 0 Å². The van der Waals surface area contributed by atoms with Gasteiger partial charge < -0.3 is 9.80 Å². The summed E-state index contributed by atoms with van der Waals surface area (Å²) >= 11 is 6.57. The van der Waals surface area contributed by atoms with E-state index in [0.29, 0.717) is 0 Å². The molecular weight excluding hydrogens is 408 g/mol. The molecule has 0 radical (unpaired) electrons. The van der Waals surface area contributed by atoms with Crippen LogP contribution in [0.25, 0.3) is 0 Å². The van der Waals surface area contributed by atoms with Crippen molar-refractivity contribution in [2.75, 3.05) is 39.8 Å². The zero-order valence-corrected chi connectivity index (χ0v) is 20.1. The van der Waals surface area contributed by atoms with Gasteiger partial charge in [-0.25, -0.2) is 0 Å². The monoisotopic (exact) mass is 444 g/mol. The number of pyridine rings is 1. The minimum Gasteiger partial charge on any atom is -0.306 e. The molecule has 4 heterocycles. The van der Waals surface area contributed by atoms with E-state index in [-0.39, 0.29) is 0 Å². The molecule has 0 atom stereocenters. The molecule has 0 aliphatic carbocycles. The molecule has 0 saturated carbocycles. The minimum atomic E-state index is 0.736. The maximum Gasteiger partial charge on any atom is 0.131 e. The fraction of sp³-hybridized carbons (Fsp3) is 0.667. The Bertz CT molecular complexity index is 822. The molecule has 2 aromatic rings. The lowest BCUT2D eigenvalue weighted by atomic mass is 9.92. The Labute approximate surface area is 192 Å². The van der Waals surface area contributed by atoms with Crippen LogP contribution in [0.3, 0.4) is 0 Å². The maximum atomic E-state index is 6.57. The zero-order valence-electron chi connectivity index (χ0n) is 19.3. The van der Waals surface area contributed by atoms with Gasteiger partial charge in [0.15, 0.2) is 0 Å². The number of hydrogen-bond acceptors (Lipinski definition) is 5. The van der Waals surface area contributed by atoms with Crippen molar-refractivity contribution < 1.29 is 0 Å². The number of aryl methyl sites for hydroxylation is 2. The van der Waals surface area contributed by atoms with Crippen LogP contribution in [0, 0.1) is 12.8 Å². The van der Waals surface area contributed by atoms with Gasteiger partial charge in [-0.1, -0.05) is 11.6 Å². The van der Waals surface area contributed by atoms with Crippen LogP contribution in [0.15, 0.2) is 24.5 Å². The van der Waals surface area contributed by atoms with Gasteiger partial charge in [0, 0.05) is 50.7 Å². The first-order valence-corrected chi connectivity index (χ1v) is 12.1. The van der Waals surface area contributed by atoms with Gasteiger partial charge >= 0.3 is 0 Å². The summed E-state index contributed by atoms with van der Waals surface area (Å²) in [6, 6.07) is 5.03. The van der Waals surface area contributed by atoms with Gasteiger partial charge in [-0.3, -0.25) is 14.6 Å². The van der Waals surface area contributed by atoms with E-state index in [1.807, 2.05) is 19.4 Å². The molecule has 2 saturated heterocycles. The van der Waals surface area contributed by atoms with E-state index in [1.54, 1.807) is 4.68 Å². The van der Waals surface area contributed by atoms with Crippen LogP contribution >= 0.6 is 11.6 Å². The third-order valence-corrected chi connectivity index (χ3v) is 7.65. The highest BCUT2D eigenvalue weighted by Crippen LogP contribution is 2.27. The molecule has 0 spiro atoms. The summed E-state index contributed by atoms with van der Waals surface area (Å²) in [5.41, 5.74) is 3.49. The van der Waals surface area contributed by atoms with Crippen molar-refractivity contribution in [1.29, 1.82) is 0 Å². The van der Waals surface area contributed by atoms with E-state index in [4.69, 9.17) is 11.6 Å². The number of rotatable bonds is 7. The van der Waals surface area contributed by atoms with Gasteiger partial charge in [0.25, 0.3) is 0 Å². The lowest BCUT2D eigenvalue weighted by Crippen LogP contribution is -2.47. The van der Waals surface area contributed by atoms with Crippen molar-refractivity contribution in [1.82, 2.24) is 29.5 Å². The summed E-state index contributed by atoms with van der Waals surface area (Å²) in [7, 11) is 4.17. The van der Waals surface area contributed by atoms with Crippen LogP contribution < -0.4 is 0 Å². The smallest absolute Gasteiger partial charge is 0.131 e. The van der Waals surface area contributed by atoms with Crippen LogP contribution in [0.2, 0.25) is 5.15 Å². The predicted octanol–water partition coefficient (Wildman–Crippen LogP) is 3.59. The number of likely N-dealkylation sites (tertiary alicyclic amines) is 2. The molecule has 0 bridgehead atoms. The van der Waals surface area contributed by atoms with Crippen LogP contribution in [0.1, 0.15) is 42.5 Å². The normalized spacial score (nSPS) is 20.0. The van der Waals surface area contributed by atoms with Crippen molar-refractivity contribution >= 4 is 11.6 Å². The SMILES string of the molecule is Cc1nn(C)c(Cl)c1CN(Cc1ccncc1)CC1CCN(C2CCN(C)CC2)CC1. The number of nitrogens with zero attached hydrogens (tertiary/aromatic N) is 6. The molecule has 0 unspecified atom stereocenters. The first-order chi connectivity index (χ1) is 15.0. The summed E-state index contributed by atoms with van der Waals surface area (Å²) in [6.45, 7) is 9.91. The Morgan fingerprint density at radius 1 is 1.00 bits per heavy atom. The molecule has 2 aliphatic rings. The van der Waals surface area contributed by atoms with Crippen molar-refractivity contribution in [2.24, 2.45) is 13.0 Å². The third-order valence-electron chi connectivity index (χ3n) is 7.18. The fourth-order valence-corrected chi connectivity index (χ4v) is 5.47. The summed E-state index contributed by atoms with van der Waals surface area (Å²) in [6.07, 6.45) is 9.01. The molecule has 0 N–H and O–H groups in total. The third kappa shape index (κ3) is 5.86. The van der Waals surface area contributed by atoms with E-state index < -0.39 is 0 Å². The quantitative estimate of drug-likeness (QED) is 0.652. The van der Waals surface area contributed by atoms with Crippen LogP contribution in [-0.2, 0) is 20.1 Å². The number of piperidine rings is 2. The molecule has 6 nitrogen and oxygen atoms in total. The summed E-state index contributed by atoms with van der Waals surface area (Å²) < 4.78 is 1.79. The van der Waals surface area contributed by atoms with E-state index in [0.717, 1.165) is 48.0 Å². The van der Waals surface area contributed by atoms with Gasteiger partial charge in [0.05, 0.1) is 5.69 Å². The molecular formula is C24H37ClN6. The van der Waals surface area contributed by atoms with Crippen LogP contribution in [0.4, 0.5) is 0 Å². The van der Waals surface area contributed by atoms with Crippen molar-refractivity contribution in [2.45, 2.75) is 51.7 Å². The highest BCUT2D eigenvalue weighted by Gasteiger charge is 2.28. The Hall–Kier alpha value is -1.47. The predicted molar refractivity (Wildman–Crippen MR) is 126 cm³/mol. The highest BCUT2D eigenvalue weighted by molar-refractivity contribution is 6.30. The first kappa shape index (κ1) is 22.7. The Balaban J connectivity index is 1.38. The number of aromatic nitrogens is 3. The largest absolute Gasteiger partial charge is 0.306 e. The molecule has 4 rings (SSSR count). The van der Waals surface area contributed by atoms with Gasteiger partial charge in [0.2, 0.25) is 0 Å². The number of hydrogen-bond donors (Lipinski definition) is 0. The molecule has 170 valence electrons. The van der Waals surface area contributed by atoms with Gasteiger partial charge in [-0.15, -0.1) is 0 Å². The van der Waals surface area contributed by atoms with E-state index in [9.17, 15) is 0 Å². The second-order valence-corrected chi connectivity index (χ2v) is 9.88. The number of halogens is 1. The molecule has 0 amide bonds. The van der Waals surface area contributed by atoms with Crippen LogP contribution in [0.5, 0.6) is 0 Å². The highest BCUT2D eigenvalue weighted by atomic mass is 35.5. The Morgan fingerprint density at radius 3 is 2.29 bits per heavy atom. The molecule has 2 aromatic heterocycles. The van der Waals surface area contributed by atoms with Gasteiger partial charge in [-0.2, -0.15) is 5.10 Å². The summed E-state index contributed by atoms with van der Waals surface area (Å²) in [4.78, 5) is 12.0. The fourth-order valence-electron chi connectivity index (χ4n) is 5.23. The lowest BCUT2D eigenvalue weighted by molar-refractivity contribution is 0.0728. The average molecular weight is 445 g/mol. The Kier molecular flexibility index (Phi) is 7.64. The summed E-state index contributed by atoms with van der Waals surface area (Å²) in [5.74, 6) is 0.736. The first-order valence-electron chi connectivity index (χ1n) is 11.7. The van der Waals surface area contributed by atoms with Gasteiger partial charge in [0.1, 0.15) is 5.15 Å². The molecule has 0 aromatic carbocycles.